The quantitative estimate of drug-likeness (QED) is 0.817. The second kappa shape index (κ2) is 6.28. The molecular formula is C11H14Cl2N2S. The summed E-state index contributed by atoms with van der Waals surface area (Å²) >= 11 is 17.3. The minimum Gasteiger partial charge on any atom is -0.362 e. The van der Waals surface area contributed by atoms with Crippen LogP contribution >= 0.6 is 35.4 Å². The van der Waals surface area contributed by atoms with Gasteiger partial charge in [0, 0.05) is 6.54 Å². The first-order valence-corrected chi connectivity index (χ1v) is 6.22. The Morgan fingerprint density at radius 3 is 2.69 bits per heavy atom. The van der Waals surface area contributed by atoms with Crippen LogP contribution in [0.25, 0.3) is 0 Å². The summed E-state index contributed by atoms with van der Waals surface area (Å²) in [5.74, 6) is 0. The Labute approximate surface area is 111 Å². The highest BCUT2D eigenvalue weighted by Gasteiger charge is 2.09. The van der Waals surface area contributed by atoms with Crippen LogP contribution in [0.3, 0.4) is 0 Å². The van der Waals surface area contributed by atoms with Gasteiger partial charge >= 0.3 is 0 Å². The van der Waals surface area contributed by atoms with Crippen LogP contribution in [0.2, 0.25) is 10.0 Å². The Morgan fingerprint density at radius 1 is 1.38 bits per heavy atom. The van der Waals surface area contributed by atoms with Crippen LogP contribution < -0.4 is 10.6 Å². The Bertz CT molecular complexity index is 394. The fourth-order valence-corrected chi connectivity index (χ4v) is 1.84. The van der Waals surface area contributed by atoms with Gasteiger partial charge in [-0.05, 0) is 37.2 Å². The highest BCUT2D eigenvalue weighted by molar-refractivity contribution is 7.80. The van der Waals surface area contributed by atoms with E-state index >= 15 is 0 Å². The molecule has 16 heavy (non-hydrogen) atoms. The Hall–Kier alpha value is -0.510. The van der Waals surface area contributed by atoms with Gasteiger partial charge in [0.2, 0.25) is 0 Å². The van der Waals surface area contributed by atoms with E-state index in [0.717, 1.165) is 18.5 Å². The summed E-state index contributed by atoms with van der Waals surface area (Å²) in [5, 5.41) is 7.78. The van der Waals surface area contributed by atoms with Crippen molar-refractivity contribution in [2.24, 2.45) is 0 Å². The Kier molecular flexibility index (Phi) is 5.32. The third-order valence-corrected chi connectivity index (χ3v) is 3.11. The molecule has 0 heterocycles. The van der Waals surface area contributed by atoms with Crippen molar-refractivity contribution in [2.75, 3.05) is 11.9 Å². The number of halogens is 2. The average molecular weight is 277 g/mol. The van der Waals surface area contributed by atoms with Gasteiger partial charge in [-0.3, -0.25) is 0 Å². The van der Waals surface area contributed by atoms with Crippen LogP contribution in [-0.2, 0) is 0 Å². The molecule has 2 N–H and O–H groups in total. The van der Waals surface area contributed by atoms with Gasteiger partial charge in [0.15, 0.2) is 5.11 Å². The number of hydrogen-bond acceptors (Lipinski definition) is 1. The number of nitrogens with one attached hydrogen (secondary N) is 2. The smallest absolute Gasteiger partial charge is 0.170 e. The molecule has 0 aliphatic carbocycles. The second-order valence-electron chi connectivity index (χ2n) is 3.43. The lowest BCUT2D eigenvalue weighted by Gasteiger charge is -2.13. The van der Waals surface area contributed by atoms with Gasteiger partial charge in [-0.1, -0.05) is 36.2 Å². The molecule has 5 heteroatoms. The van der Waals surface area contributed by atoms with E-state index in [0.29, 0.717) is 20.8 Å². The largest absolute Gasteiger partial charge is 0.362 e. The van der Waals surface area contributed by atoms with Gasteiger partial charge in [0.05, 0.1) is 15.7 Å². The van der Waals surface area contributed by atoms with Crippen LogP contribution in [0.1, 0.15) is 18.9 Å². The first-order chi connectivity index (χ1) is 7.56. The zero-order valence-electron chi connectivity index (χ0n) is 9.23. The molecule has 0 bridgehead atoms. The van der Waals surface area contributed by atoms with Crippen molar-refractivity contribution in [1.82, 2.24) is 5.32 Å². The molecule has 0 amide bonds. The SMILES string of the molecule is CCCNC(=S)Nc1c(Cl)ccc(C)c1Cl. The van der Waals surface area contributed by atoms with Crippen LogP contribution in [0.15, 0.2) is 12.1 Å². The summed E-state index contributed by atoms with van der Waals surface area (Å²) in [6, 6.07) is 3.67. The van der Waals surface area contributed by atoms with Crippen molar-refractivity contribution in [3.63, 3.8) is 0 Å². The third-order valence-electron chi connectivity index (χ3n) is 2.06. The van der Waals surface area contributed by atoms with Crippen molar-refractivity contribution in [3.8, 4) is 0 Å². The third kappa shape index (κ3) is 3.51. The molecule has 2 nitrogen and oxygen atoms in total. The minimum atomic E-state index is 0.538. The molecule has 0 spiro atoms. The van der Waals surface area contributed by atoms with Crippen LogP contribution in [-0.4, -0.2) is 11.7 Å². The van der Waals surface area contributed by atoms with Crippen molar-refractivity contribution in [2.45, 2.75) is 20.3 Å². The summed E-state index contributed by atoms with van der Waals surface area (Å²) in [7, 11) is 0. The van der Waals surface area contributed by atoms with Crippen molar-refractivity contribution < 1.29 is 0 Å². The Morgan fingerprint density at radius 2 is 2.06 bits per heavy atom. The standard InChI is InChI=1S/C11H14Cl2N2S/c1-3-6-14-11(16)15-10-8(12)5-4-7(2)9(10)13/h4-5H,3,6H2,1-2H3,(H2,14,15,16). The normalized spacial score (nSPS) is 10.0. The molecule has 0 fully saturated rings. The first kappa shape index (κ1) is 13.6. The van der Waals surface area contributed by atoms with E-state index in [1.54, 1.807) is 6.07 Å². The number of benzene rings is 1. The molecule has 1 aromatic carbocycles. The molecule has 0 atom stereocenters. The lowest BCUT2D eigenvalue weighted by molar-refractivity contribution is 0.846. The number of anilines is 1. The fourth-order valence-electron chi connectivity index (χ4n) is 1.17. The molecule has 0 saturated heterocycles. The first-order valence-electron chi connectivity index (χ1n) is 5.05. The van der Waals surface area contributed by atoms with E-state index in [2.05, 4.69) is 17.6 Å². The molecule has 0 radical (unpaired) electrons. The summed E-state index contributed by atoms with van der Waals surface area (Å²) in [5.41, 5.74) is 1.63. The predicted octanol–water partition coefficient (Wildman–Crippen LogP) is 4.00. The average Bonchev–Trinajstić information content (AvgIpc) is 2.27. The number of aryl methyl sites for hydroxylation is 1. The number of hydrogen-bond donors (Lipinski definition) is 2. The van der Waals surface area contributed by atoms with E-state index in [1.807, 2.05) is 13.0 Å². The maximum atomic E-state index is 6.14. The molecule has 88 valence electrons. The van der Waals surface area contributed by atoms with E-state index < -0.39 is 0 Å². The lowest BCUT2D eigenvalue weighted by Crippen LogP contribution is -2.29. The molecule has 0 saturated carbocycles. The lowest BCUT2D eigenvalue weighted by atomic mass is 10.2. The molecule has 1 aromatic rings. The summed E-state index contributed by atoms with van der Waals surface area (Å²) in [6.07, 6.45) is 1.01. The highest BCUT2D eigenvalue weighted by atomic mass is 35.5. The van der Waals surface area contributed by atoms with Crippen molar-refractivity contribution >= 4 is 46.2 Å². The minimum absolute atomic E-state index is 0.538. The van der Waals surface area contributed by atoms with E-state index in [9.17, 15) is 0 Å². The summed E-state index contributed by atoms with van der Waals surface area (Å²) < 4.78 is 0. The van der Waals surface area contributed by atoms with E-state index in [1.165, 1.54) is 0 Å². The van der Waals surface area contributed by atoms with Gasteiger partial charge in [-0.15, -0.1) is 0 Å². The van der Waals surface area contributed by atoms with Gasteiger partial charge in [-0.25, -0.2) is 0 Å². The molecular weight excluding hydrogens is 263 g/mol. The number of rotatable bonds is 3. The van der Waals surface area contributed by atoms with Crippen LogP contribution in [0.5, 0.6) is 0 Å². The van der Waals surface area contributed by atoms with Crippen molar-refractivity contribution in [3.05, 3.63) is 27.7 Å². The number of thiocarbonyl (C=S) groups is 1. The van der Waals surface area contributed by atoms with E-state index in [4.69, 9.17) is 35.4 Å². The topological polar surface area (TPSA) is 24.1 Å². The predicted molar refractivity (Wildman–Crippen MR) is 75.7 cm³/mol. The van der Waals surface area contributed by atoms with Crippen molar-refractivity contribution in [1.29, 1.82) is 0 Å². The molecule has 0 aromatic heterocycles. The zero-order valence-corrected chi connectivity index (χ0v) is 11.6. The van der Waals surface area contributed by atoms with Gasteiger partial charge in [0.1, 0.15) is 0 Å². The van der Waals surface area contributed by atoms with Crippen LogP contribution in [0, 0.1) is 6.92 Å². The summed E-state index contributed by atoms with van der Waals surface area (Å²) in [6.45, 7) is 4.82. The maximum absolute atomic E-state index is 6.14. The molecule has 0 aliphatic rings. The summed E-state index contributed by atoms with van der Waals surface area (Å²) in [4.78, 5) is 0. The van der Waals surface area contributed by atoms with E-state index in [-0.39, 0.29) is 0 Å². The van der Waals surface area contributed by atoms with Gasteiger partial charge in [0.25, 0.3) is 0 Å². The maximum Gasteiger partial charge on any atom is 0.170 e. The van der Waals surface area contributed by atoms with Gasteiger partial charge < -0.3 is 10.6 Å². The second-order valence-corrected chi connectivity index (χ2v) is 4.63. The highest BCUT2D eigenvalue weighted by Crippen LogP contribution is 2.32. The monoisotopic (exact) mass is 276 g/mol. The molecule has 0 unspecified atom stereocenters. The van der Waals surface area contributed by atoms with Gasteiger partial charge in [-0.2, -0.15) is 0 Å². The zero-order chi connectivity index (χ0) is 12.1. The molecule has 1 rings (SSSR count). The Balaban J connectivity index is 2.80. The fraction of sp³-hybridized carbons (Fsp3) is 0.364. The molecule has 0 aliphatic heterocycles. The van der Waals surface area contributed by atoms with Crippen LogP contribution in [0.4, 0.5) is 5.69 Å².